The Bertz CT molecular complexity index is 924. The van der Waals surface area contributed by atoms with Crippen molar-refractivity contribution in [3.8, 4) is 0 Å². The van der Waals surface area contributed by atoms with E-state index < -0.39 is 0 Å². The van der Waals surface area contributed by atoms with Gasteiger partial charge < -0.3 is 20.4 Å². The number of hydrogen-bond acceptors (Lipinski definition) is 3. The van der Waals surface area contributed by atoms with E-state index in [1.165, 1.54) is 5.56 Å². The van der Waals surface area contributed by atoms with Crippen LogP contribution in [0.25, 0.3) is 0 Å². The number of carbonyl (C=O) groups excluding carboxylic acids is 1. The Labute approximate surface area is 220 Å². The predicted molar refractivity (Wildman–Crippen MR) is 150 cm³/mol. The summed E-state index contributed by atoms with van der Waals surface area (Å²) in [5, 5.41) is 6.48. The van der Waals surface area contributed by atoms with Gasteiger partial charge >= 0.3 is 6.03 Å². The lowest BCUT2D eigenvalue weighted by Gasteiger charge is -2.36. The molecule has 2 amide bonds. The Hall–Kier alpha value is -2.33. The quantitative estimate of drug-likeness (QED) is 0.307. The number of nitrogens with one attached hydrogen (secondary N) is 2. The third-order valence-electron chi connectivity index (χ3n) is 6.24. The number of nitrogens with zero attached hydrogens (tertiary/aromatic N) is 4. The molecule has 4 rings (SSSR count). The first-order valence-corrected chi connectivity index (χ1v) is 12.2. The number of piperazine rings is 1. The zero-order chi connectivity index (χ0) is 22.9. The second-order valence-electron chi connectivity index (χ2n) is 8.74. The number of hydrogen-bond donors (Lipinski definition) is 2. The summed E-state index contributed by atoms with van der Waals surface area (Å²) in [4.78, 5) is 24.0. The summed E-state index contributed by atoms with van der Waals surface area (Å²) in [6.45, 7) is 10.2. The van der Waals surface area contributed by atoms with E-state index in [0.29, 0.717) is 6.54 Å². The first kappa shape index (κ1) is 26.3. The van der Waals surface area contributed by atoms with Crippen LogP contribution in [0.3, 0.4) is 0 Å². The summed E-state index contributed by atoms with van der Waals surface area (Å²) in [5.41, 5.74) is 3.29. The van der Waals surface area contributed by atoms with E-state index in [4.69, 9.17) is 4.99 Å². The van der Waals surface area contributed by atoms with Crippen molar-refractivity contribution in [1.82, 2.24) is 20.0 Å². The Morgan fingerprint density at radius 3 is 2.29 bits per heavy atom. The fourth-order valence-corrected chi connectivity index (χ4v) is 4.42. The van der Waals surface area contributed by atoms with Gasteiger partial charge in [-0.05, 0) is 43.0 Å². The largest absolute Gasteiger partial charge is 0.357 e. The van der Waals surface area contributed by atoms with Gasteiger partial charge in [-0.25, -0.2) is 9.79 Å². The fraction of sp³-hybridized carbons (Fsp3) is 0.462. The molecule has 2 aliphatic rings. The third kappa shape index (κ3) is 7.59. The van der Waals surface area contributed by atoms with Gasteiger partial charge in [0.1, 0.15) is 0 Å². The van der Waals surface area contributed by atoms with Crippen molar-refractivity contribution in [3.63, 3.8) is 0 Å². The van der Waals surface area contributed by atoms with Crippen LogP contribution in [0.2, 0.25) is 0 Å². The van der Waals surface area contributed by atoms with Crippen molar-refractivity contribution >= 4 is 41.7 Å². The number of carbonyl (C=O) groups is 1. The lowest BCUT2D eigenvalue weighted by atomic mass is 10.2. The molecule has 184 valence electrons. The molecule has 34 heavy (non-hydrogen) atoms. The summed E-state index contributed by atoms with van der Waals surface area (Å²) in [6.07, 6.45) is 2.19. The lowest BCUT2D eigenvalue weighted by molar-refractivity contribution is 0.172. The molecular weight excluding hydrogens is 539 g/mol. The maximum atomic E-state index is 12.4. The Kier molecular flexibility index (Phi) is 10.5. The van der Waals surface area contributed by atoms with E-state index >= 15 is 0 Å². The van der Waals surface area contributed by atoms with Crippen molar-refractivity contribution in [2.24, 2.45) is 4.99 Å². The predicted octanol–water partition coefficient (Wildman–Crippen LogP) is 4.22. The van der Waals surface area contributed by atoms with Gasteiger partial charge in [-0.15, -0.1) is 24.0 Å². The highest BCUT2D eigenvalue weighted by atomic mass is 127. The summed E-state index contributed by atoms with van der Waals surface area (Å²) in [6, 6.07) is 18.7. The number of urea groups is 1. The molecule has 0 unspecified atom stereocenters. The van der Waals surface area contributed by atoms with Crippen molar-refractivity contribution in [1.29, 1.82) is 0 Å². The van der Waals surface area contributed by atoms with Gasteiger partial charge in [0.15, 0.2) is 5.96 Å². The standard InChI is InChI=1S/C26H36N6O.HI/c1-2-27-25(31-17-15-30(16-18-31)21-22-9-4-3-5-10-22)28-20-23-11-8-12-24(19-23)29-26(33)32-13-6-7-14-32;/h3-5,8-12,19H,2,6-7,13-18,20-21H2,1H3,(H,27,28)(H,29,33);1H. The molecule has 2 saturated heterocycles. The molecule has 2 heterocycles. The molecule has 2 aliphatic heterocycles. The molecule has 0 aromatic heterocycles. The number of guanidine groups is 1. The highest BCUT2D eigenvalue weighted by molar-refractivity contribution is 14.0. The Balaban J connectivity index is 0.00000324. The van der Waals surface area contributed by atoms with Crippen LogP contribution in [0, 0.1) is 0 Å². The molecule has 7 nitrogen and oxygen atoms in total. The van der Waals surface area contributed by atoms with Crippen LogP contribution >= 0.6 is 24.0 Å². The van der Waals surface area contributed by atoms with Crippen LogP contribution in [0.1, 0.15) is 30.9 Å². The maximum Gasteiger partial charge on any atom is 0.321 e. The fourth-order valence-electron chi connectivity index (χ4n) is 4.42. The minimum Gasteiger partial charge on any atom is -0.357 e. The highest BCUT2D eigenvalue weighted by Crippen LogP contribution is 2.15. The molecule has 0 saturated carbocycles. The zero-order valence-electron chi connectivity index (χ0n) is 20.1. The topological polar surface area (TPSA) is 63.2 Å². The van der Waals surface area contributed by atoms with E-state index in [-0.39, 0.29) is 30.0 Å². The Morgan fingerprint density at radius 2 is 1.59 bits per heavy atom. The normalized spacial score (nSPS) is 16.8. The van der Waals surface area contributed by atoms with Crippen LogP contribution in [0.4, 0.5) is 10.5 Å². The van der Waals surface area contributed by atoms with Crippen LogP contribution in [0.15, 0.2) is 59.6 Å². The van der Waals surface area contributed by atoms with E-state index in [0.717, 1.165) is 82.4 Å². The molecule has 2 N–H and O–H groups in total. The van der Waals surface area contributed by atoms with Crippen LogP contribution in [0.5, 0.6) is 0 Å². The monoisotopic (exact) mass is 576 g/mol. The average Bonchev–Trinajstić information content (AvgIpc) is 3.39. The van der Waals surface area contributed by atoms with Crippen LogP contribution in [-0.4, -0.2) is 72.5 Å². The molecular formula is C26H37IN6O. The first-order valence-electron chi connectivity index (χ1n) is 12.2. The second kappa shape index (κ2) is 13.5. The maximum absolute atomic E-state index is 12.4. The van der Waals surface area contributed by atoms with Crippen molar-refractivity contribution in [2.75, 3.05) is 51.1 Å². The van der Waals surface area contributed by atoms with E-state index in [2.05, 4.69) is 63.8 Å². The van der Waals surface area contributed by atoms with Gasteiger partial charge in [-0.2, -0.15) is 0 Å². The number of anilines is 1. The molecule has 8 heteroatoms. The van der Waals surface area contributed by atoms with Crippen LogP contribution < -0.4 is 10.6 Å². The molecule has 0 atom stereocenters. The summed E-state index contributed by atoms with van der Waals surface area (Å²) >= 11 is 0. The van der Waals surface area contributed by atoms with Crippen molar-refractivity contribution in [2.45, 2.75) is 32.9 Å². The molecule has 2 fully saturated rings. The van der Waals surface area contributed by atoms with E-state index in [1.54, 1.807) is 0 Å². The number of rotatable bonds is 6. The Morgan fingerprint density at radius 1 is 0.882 bits per heavy atom. The van der Waals surface area contributed by atoms with Crippen LogP contribution in [-0.2, 0) is 13.1 Å². The second-order valence-corrected chi connectivity index (χ2v) is 8.74. The van der Waals surface area contributed by atoms with Gasteiger partial charge in [0.05, 0.1) is 6.54 Å². The lowest BCUT2D eigenvalue weighted by Crippen LogP contribution is -2.52. The van der Waals surface area contributed by atoms with Gasteiger partial charge in [0, 0.05) is 58.0 Å². The molecule has 0 bridgehead atoms. The number of amides is 2. The molecule has 0 radical (unpaired) electrons. The summed E-state index contributed by atoms with van der Waals surface area (Å²) < 4.78 is 0. The van der Waals surface area contributed by atoms with Crippen molar-refractivity contribution in [3.05, 3.63) is 65.7 Å². The summed E-state index contributed by atoms with van der Waals surface area (Å²) in [5.74, 6) is 0.961. The molecule has 0 aliphatic carbocycles. The smallest absolute Gasteiger partial charge is 0.321 e. The highest BCUT2D eigenvalue weighted by Gasteiger charge is 2.20. The molecule has 2 aromatic rings. The van der Waals surface area contributed by atoms with E-state index in [9.17, 15) is 4.79 Å². The molecule has 2 aromatic carbocycles. The summed E-state index contributed by atoms with van der Waals surface area (Å²) in [7, 11) is 0. The third-order valence-corrected chi connectivity index (χ3v) is 6.24. The van der Waals surface area contributed by atoms with E-state index in [1.807, 2.05) is 23.1 Å². The zero-order valence-corrected chi connectivity index (χ0v) is 22.4. The van der Waals surface area contributed by atoms with Gasteiger partial charge in [-0.3, -0.25) is 4.90 Å². The number of likely N-dealkylation sites (tertiary alicyclic amines) is 1. The van der Waals surface area contributed by atoms with Gasteiger partial charge in [0.2, 0.25) is 0 Å². The number of benzene rings is 2. The minimum atomic E-state index is -0.00476. The van der Waals surface area contributed by atoms with Crippen molar-refractivity contribution < 1.29 is 4.79 Å². The van der Waals surface area contributed by atoms with Gasteiger partial charge in [0.25, 0.3) is 0 Å². The average molecular weight is 577 g/mol. The number of halogens is 1. The molecule has 0 spiro atoms. The van der Waals surface area contributed by atoms with Gasteiger partial charge in [-0.1, -0.05) is 42.5 Å². The SMILES string of the molecule is CCNC(=NCc1cccc(NC(=O)N2CCCC2)c1)N1CCN(Cc2ccccc2)CC1.I. The first-order chi connectivity index (χ1) is 16.2. The minimum absolute atomic E-state index is 0. The number of aliphatic imine (C=N–C) groups is 1.